The molecule has 1 unspecified atom stereocenters. The van der Waals surface area contributed by atoms with E-state index in [4.69, 9.17) is 9.84 Å². The van der Waals surface area contributed by atoms with Gasteiger partial charge in [0.25, 0.3) is 0 Å². The molecule has 170 valence electrons. The van der Waals surface area contributed by atoms with Crippen LogP contribution in [0.5, 0.6) is 5.75 Å². The van der Waals surface area contributed by atoms with E-state index in [-0.39, 0.29) is 17.5 Å². The standard InChI is InChI=1S/C28H24N2O4/c1-34-21-13-11-19(12-14-21)27-26-23(22-4-2-3-5-24(22)29-26)16-17-30(27)25(31)15-8-18-6-9-20(10-7-18)28(32)33/h2-15,27,29H,16-17H2,1H3,(H,32,33)/b15-8+. The van der Waals surface area contributed by atoms with Crippen molar-refractivity contribution in [2.75, 3.05) is 13.7 Å². The zero-order valence-corrected chi connectivity index (χ0v) is 18.7. The van der Waals surface area contributed by atoms with Crippen molar-refractivity contribution in [2.24, 2.45) is 0 Å². The van der Waals surface area contributed by atoms with Crippen molar-refractivity contribution in [1.82, 2.24) is 9.88 Å². The van der Waals surface area contributed by atoms with Gasteiger partial charge in [-0.3, -0.25) is 4.79 Å². The summed E-state index contributed by atoms with van der Waals surface area (Å²) in [5.74, 6) is -0.317. The Hall–Kier alpha value is -4.32. The monoisotopic (exact) mass is 452 g/mol. The van der Waals surface area contributed by atoms with Crippen molar-refractivity contribution in [2.45, 2.75) is 12.5 Å². The molecule has 1 aliphatic heterocycles. The van der Waals surface area contributed by atoms with E-state index >= 15 is 0 Å². The van der Waals surface area contributed by atoms with Crippen LogP contribution in [-0.2, 0) is 11.2 Å². The first-order valence-corrected chi connectivity index (χ1v) is 11.1. The van der Waals surface area contributed by atoms with Gasteiger partial charge in [0.15, 0.2) is 0 Å². The summed E-state index contributed by atoms with van der Waals surface area (Å²) < 4.78 is 5.32. The van der Waals surface area contributed by atoms with Crippen LogP contribution >= 0.6 is 0 Å². The Balaban J connectivity index is 1.50. The fourth-order valence-corrected chi connectivity index (χ4v) is 4.61. The van der Waals surface area contributed by atoms with Crippen molar-refractivity contribution < 1.29 is 19.4 Å². The van der Waals surface area contributed by atoms with Gasteiger partial charge in [-0.25, -0.2) is 4.79 Å². The summed E-state index contributed by atoms with van der Waals surface area (Å²) in [6.45, 7) is 0.590. The summed E-state index contributed by atoms with van der Waals surface area (Å²) in [4.78, 5) is 29.9. The molecule has 1 aliphatic rings. The molecule has 34 heavy (non-hydrogen) atoms. The van der Waals surface area contributed by atoms with Gasteiger partial charge in [-0.15, -0.1) is 0 Å². The first-order valence-electron chi connectivity index (χ1n) is 11.1. The van der Waals surface area contributed by atoms with Crippen LogP contribution in [0.2, 0.25) is 0 Å². The molecular weight excluding hydrogens is 428 g/mol. The number of amides is 1. The average molecular weight is 453 g/mol. The van der Waals surface area contributed by atoms with Gasteiger partial charge in [-0.2, -0.15) is 0 Å². The Kier molecular flexibility index (Phi) is 5.64. The van der Waals surface area contributed by atoms with E-state index in [0.29, 0.717) is 6.54 Å². The number of para-hydroxylation sites is 1. The minimum Gasteiger partial charge on any atom is -0.497 e. The topological polar surface area (TPSA) is 82.6 Å². The SMILES string of the molecule is COc1ccc(C2c3[nH]c4ccccc4c3CCN2C(=O)/C=C/c2ccc(C(=O)O)cc2)cc1. The molecule has 1 atom stereocenters. The second-order valence-electron chi connectivity index (χ2n) is 8.28. The van der Waals surface area contributed by atoms with E-state index in [2.05, 4.69) is 17.1 Å². The second kappa shape index (κ2) is 8.90. The van der Waals surface area contributed by atoms with E-state index < -0.39 is 5.97 Å². The van der Waals surface area contributed by atoms with Crippen LogP contribution in [0.4, 0.5) is 0 Å². The number of aromatic nitrogens is 1. The number of carbonyl (C=O) groups is 2. The lowest BCUT2D eigenvalue weighted by Gasteiger charge is -2.35. The van der Waals surface area contributed by atoms with Crippen LogP contribution in [0.3, 0.4) is 0 Å². The van der Waals surface area contributed by atoms with Gasteiger partial charge in [0, 0.05) is 29.2 Å². The first-order chi connectivity index (χ1) is 16.5. The summed E-state index contributed by atoms with van der Waals surface area (Å²) in [6.07, 6.45) is 4.04. The molecule has 0 fully saturated rings. The van der Waals surface area contributed by atoms with Crippen molar-refractivity contribution in [3.8, 4) is 5.75 Å². The van der Waals surface area contributed by atoms with Crippen LogP contribution in [0.15, 0.2) is 78.9 Å². The Morgan fingerprint density at radius 1 is 1.03 bits per heavy atom. The largest absolute Gasteiger partial charge is 0.497 e. The van der Waals surface area contributed by atoms with Gasteiger partial charge in [-0.05, 0) is 59.5 Å². The fourth-order valence-electron chi connectivity index (χ4n) is 4.61. The number of aromatic carboxylic acids is 1. The molecule has 5 rings (SSSR count). The number of nitrogens with zero attached hydrogens (tertiary/aromatic N) is 1. The molecule has 1 aromatic heterocycles. The molecule has 0 spiro atoms. The smallest absolute Gasteiger partial charge is 0.335 e. The second-order valence-corrected chi connectivity index (χ2v) is 8.28. The summed E-state index contributed by atoms with van der Waals surface area (Å²) >= 11 is 0. The highest BCUT2D eigenvalue weighted by atomic mass is 16.5. The fraction of sp³-hybridized carbons (Fsp3) is 0.143. The number of ether oxygens (including phenoxy) is 1. The van der Waals surface area contributed by atoms with Gasteiger partial charge in [0.05, 0.1) is 18.7 Å². The Bertz CT molecular complexity index is 1380. The molecule has 1 amide bonds. The van der Waals surface area contributed by atoms with E-state index in [9.17, 15) is 9.59 Å². The number of methoxy groups -OCH3 is 1. The molecule has 2 heterocycles. The lowest BCUT2D eigenvalue weighted by atomic mass is 9.92. The number of H-pyrrole nitrogens is 1. The van der Waals surface area contributed by atoms with Crippen molar-refractivity contribution in [1.29, 1.82) is 0 Å². The van der Waals surface area contributed by atoms with Crippen LogP contribution in [0, 0.1) is 0 Å². The molecule has 6 heteroatoms. The molecule has 0 bridgehead atoms. The minimum absolute atomic E-state index is 0.104. The maximum Gasteiger partial charge on any atom is 0.335 e. The van der Waals surface area contributed by atoms with E-state index in [1.54, 1.807) is 31.4 Å². The first kappa shape index (κ1) is 21.5. The lowest BCUT2D eigenvalue weighted by molar-refractivity contribution is -0.128. The van der Waals surface area contributed by atoms with Gasteiger partial charge in [0.2, 0.25) is 5.91 Å². The number of fused-ring (bicyclic) bond motifs is 3. The zero-order valence-electron chi connectivity index (χ0n) is 18.7. The zero-order chi connectivity index (χ0) is 23.7. The van der Waals surface area contributed by atoms with Crippen LogP contribution in [0.1, 0.15) is 38.8 Å². The molecule has 0 aliphatic carbocycles. The third-order valence-electron chi connectivity index (χ3n) is 6.33. The van der Waals surface area contributed by atoms with Gasteiger partial charge in [0.1, 0.15) is 5.75 Å². The highest BCUT2D eigenvalue weighted by Crippen LogP contribution is 2.39. The Morgan fingerprint density at radius 3 is 2.47 bits per heavy atom. The van der Waals surface area contributed by atoms with Crippen LogP contribution in [-0.4, -0.2) is 40.5 Å². The number of benzene rings is 3. The number of nitrogens with one attached hydrogen (secondary N) is 1. The predicted molar refractivity (Wildman–Crippen MR) is 131 cm³/mol. The molecule has 2 N–H and O–H groups in total. The molecule has 3 aromatic carbocycles. The molecule has 0 saturated heterocycles. The Labute approximate surface area is 197 Å². The average Bonchev–Trinajstić information content (AvgIpc) is 3.26. The maximum absolute atomic E-state index is 13.4. The summed E-state index contributed by atoms with van der Waals surface area (Å²) in [5, 5.41) is 10.3. The summed E-state index contributed by atoms with van der Waals surface area (Å²) in [7, 11) is 1.63. The third-order valence-corrected chi connectivity index (χ3v) is 6.33. The number of carboxylic acids is 1. The number of hydrogen-bond acceptors (Lipinski definition) is 3. The minimum atomic E-state index is -0.976. The quantitative estimate of drug-likeness (QED) is 0.415. The normalized spacial score (nSPS) is 15.4. The summed E-state index contributed by atoms with van der Waals surface area (Å²) in [5.41, 5.74) is 5.32. The maximum atomic E-state index is 13.4. The highest BCUT2D eigenvalue weighted by Gasteiger charge is 2.33. The number of carboxylic acid groups (broad SMARTS) is 1. The molecule has 0 saturated carbocycles. The highest BCUT2D eigenvalue weighted by molar-refractivity contribution is 5.94. The van der Waals surface area contributed by atoms with E-state index in [1.807, 2.05) is 41.3 Å². The predicted octanol–water partition coefficient (Wildman–Crippen LogP) is 5.06. The van der Waals surface area contributed by atoms with Crippen LogP contribution < -0.4 is 4.74 Å². The number of aromatic amines is 1. The van der Waals surface area contributed by atoms with Gasteiger partial charge >= 0.3 is 5.97 Å². The van der Waals surface area contributed by atoms with Crippen molar-refractivity contribution >= 4 is 28.9 Å². The van der Waals surface area contributed by atoms with Crippen molar-refractivity contribution in [3.63, 3.8) is 0 Å². The summed E-state index contributed by atoms with van der Waals surface area (Å²) in [6, 6.07) is 22.2. The molecule has 0 radical (unpaired) electrons. The lowest BCUT2D eigenvalue weighted by Crippen LogP contribution is -2.39. The molecule has 4 aromatic rings. The number of carbonyl (C=O) groups excluding carboxylic acids is 1. The van der Waals surface area contributed by atoms with E-state index in [1.165, 1.54) is 23.1 Å². The van der Waals surface area contributed by atoms with Gasteiger partial charge in [-0.1, -0.05) is 42.5 Å². The van der Waals surface area contributed by atoms with Gasteiger partial charge < -0.3 is 19.7 Å². The number of hydrogen-bond donors (Lipinski definition) is 2. The van der Waals surface area contributed by atoms with Crippen LogP contribution in [0.25, 0.3) is 17.0 Å². The molecule has 6 nitrogen and oxygen atoms in total. The Morgan fingerprint density at radius 2 is 1.76 bits per heavy atom. The van der Waals surface area contributed by atoms with E-state index in [0.717, 1.165) is 34.5 Å². The third kappa shape index (κ3) is 3.94. The molecular formula is C28H24N2O4. The number of rotatable bonds is 5. The van der Waals surface area contributed by atoms with Crippen molar-refractivity contribution in [3.05, 3.63) is 107 Å².